The summed E-state index contributed by atoms with van der Waals surface area (Å²) in [5.74, 6) is 0. The van der Waals surface area contributed by atoms with Gasteiger partial charge in [0.05, 0.1) is 145 Å². The lowest BCUT2D eigenvalue weighted by Gasteiger charge is -2.09. The third kappa shape index (κ3) is 39.5. The highest BCUT2D eigenvalue weighted by Crippen LogP contribution is 1.98. The molecule has 0 spiro atoms. The van der Waals surface area contributed by atoms with Gasteiger partial charge in [-0.1, -0.05) is 26.2 Å². The van der Waals surface area contributed by atoms with E-state index in [0.717, 1.165) is 13.0 Å². The van der Waals surface area contributed by atoms with Gasteiger partial charge in [-0.25, -0.2) is 0 Å². The predicted molar refractivity (Wildman–Crippen MR) is 155 cm³/mol. The Labute approximate surface area is 248 Å². The van der Waals surface area contributed by atoms with Crippen LogP contribution in [0.15, 0.2) is 0 Å². The summed E-state index contributed by atoms with van der Waals surface area (Å²) in [6.07, 6.45) is 4.90. The van der Waals surface area contributed by atoms with Crippen molar-refractivity contribution in [1.82, 2.24) is 0 Å². The van der Waals surface area contributed by atoms with Gasteiger partial charge in [0.2, 0.25) is 0 Å². The van der Waals surface area contributed by atoms with E-state index < -0.39 is 0 Å². The Morgan fingerprint density at radius 2 is 0.463 bits per heavy atom. The maximum atomic E-state index is 5.52. The first kappa shape index (κ1) is 40.5. The second-order valence-corrected chi connectivity index (χ2v) is 8.79. The fourth-order valence-corrected chi connectivity index (χ4v) is 3.07. The standard InChI is InChI=1S/C29H60O12/c1-3-4-5-6-7-31-10-11-33-14-15-35-18-19-37-22-23-39-26-27-41-29-28-40-25-24-38-21-20-36-17-16-34-13-12-32-9-8-30-2/h3-29H2,1-2H3. The third-order valence-corrected chi connectivity index (χ3v) is 5.29. The van der Waals surface area contributed by atoms with Crippen LogP contribution in [0, 0.1) is 0 Å². The number of rotatable bonds is 38. The summed E-state index contributed by atoms with van der Waals surface area (Å²) in [4.78, 5) is 0. The lowest BCUT2D eigenvalue weighted by atomic mass is 10.2. The van der Waals surface area contributed by atoms with Gasteiger partial charge in [-0.2, -0.15) is 0 Å². The van der Waals surface area contributed by atoms with Crippen molar-refractivity contribution in [3.05, 3.63) is 0 Å². The molecule has 41 heavy (non-hydrogen) atoms. The Morgan fingerprint density at radius 1 is 0.244 bits per heavy atom. The average molecular weight is 601 g/mol. The molecule has 0 aliphatic rings. The summed E-state index contributed by atoms with van der Waals surface area (Å²) in [6, 6.07) is 0. The maximum Gasteiger partial charge on any atom is 0.0701 e. The van der Waals surface area contributed by atoms with Crippen molar-refractivity contribution in [2.45, 2.75) is 32.6 Å². The molecule has 0 rings (SSSR count). The van der Waals surface area contributed by atoms with Crippen LogP contribution in [0.5, 0.6) is 0 Å². The van der Waals surface area contributed by atoms with E-state index in [0.29, 0.717) is 145 Å². The first-order valence-electron chi connectivity index (χ1n) is 15.3. The van der Waals surface area contributed by atoms with Crippen LogP contribution in [0.1, 0.15) is 32.6 Å². The third-order valence-electron chi connectivity index (χ3n) is 5.29. The van der Waals surface area contributed by atoms with Crippen LogP contribution in [-0.4, -0.2) is 159 Å². The highest BCUT2D eigenvalue weighted by molar-refractivity contribution is 4.41. The first-order chi connectivity index (χ1) is 20.4. The Balaban J connectivity index is 3.02. The van der Waals surface area contributed by atoms with Gasteiger partial charge in [-0.05, 0) is 6.42 Å². The van der Waals surface area contributed by atoms with E-state index in [1.54, 1.807) is 7.11 Å². The minimum Gasteiger partial charge on any atom is -0.382 e. The fourth-order valence-electron chi connectivity index (χ4n) is 3.07. The van der Waals surface area contributed by atoms with Crippen molar-refractivity contribution < 1.29 is 56.8 Å². The number of ether oxygens (including phenoxy) is 12. The van der Waals surface area contributed by atoms with E-state index in [4.69, 9.17) is 56.8 Å². The summed E-state index contributed by atoms with van der Waals surface area (Å²) < 4.78 is 64.8. The number of hydrogen-bond acceptors (Lipinski definition) is 12. The zero-order chi connectivity index (χ0) is 29.6. The molecule has 0 unspecified atom stereocenters. The Bertz CT molecular complexity index is 410. The van der Waals surface area contributed by atoms with E-state index in [-0.39, 0.29) is 0 Å². The molecule has 0 aromatic carbocycles. The van der Waals surface area contributed by atoms with Crippen molar-refractivity contribution in [2.75, 3.05) is 159 Å². The highest BCUT2D eigenvalue weighted by Gasteiger charge is 1.96. The van der Waals surface area contributed by atoms with Crippen LogP contribution in [-0.2, 0) is 56.8 Å². The lowest BCUT2D eigenvalue weighted by Crippen LogP contribution is -2.15. The van der Waals surface area contributed by atoms with E-state index in [1.165, 1.54) is 19.3 Å². The predicted octanol–water partition coefficient (Wildman–Crippen LogP) is 2.40. The van der Waals surface area contributed by atoms with E-state index in [2.05, 4.69) is 6.92 Å². The molecular weight excluding hydrogens is 540 g/mol. The van der Waals surface area contributed by atoms with Crippen LogP contribution < -0.4 is 0 Å². The molecule has 248 valence electrons. The first-order valence-corrected chi connectivity index (χ1v) is 15.3. The van der Waals surface area contributed by atoms with Crippen LogP contribution in [0.25, 0.3) is 0 Å². The smallest absolute Gasteiger partial charge is 0.0701 e. The summed E-state index contributed by atoms with van der Waals surface area (Å²) in [5, 5.41) is 0. The summed E-state index contributed by atoms with van der Waals surface area (Å²) in [7, 11) is 1.65. The minimum atomic E-state index is 0.521. The molecule has 0 heterocycles. The quantitative estimate of drug-likeness (QED) is 0.0971. The molecule has 0 aliphatic heterocycles. The zero-order valence-corrected chi connectivity index (χ0v) is 26.0. The largest absolute Gasteiger partial charge is 0.382 e. The van der Waals surface area contributed by atoms with Crippen molar-refractivity contribution in [3.8, 4) is 0 Å². The molecule has 0 fully saturated rings. The van der Waals surface area contributed by atoms with E-state index in [1.807, 2.05) is 0 Å². The zero-order valence-electron chi connectivity index (χ0n) is 26.0. The summed E-state index contributed by atoms with van der Waals surface area (Å²) in [5.41, 5.74) is 0. The molecule has 12 nitrogen and oxygen atoms in total. The van der Waals surface area contributed by atoms with Crippen LogP contribution >= 0.6 is 0 Å². The molecular formula is C29H60O12. The second kappa shape index (κ2) is 39.5. The Kier molecular flexibility index (Phi) is 39.1. The molecule has 0 aromatic heterocycles. The summed E-state index contributed by atoms with van der Waals surface area (Å²) in [6.45, 7) is 15.1. The van der Waals surface area contributed by atoms with E-state index >= 15 is 0 Å². The van der Waals surface area contributed by atoms with Gasteiger partial charge in [-0.15, -0.1) is 0 Å². The van der Waals surface area contributed by atoms with Crippen molar-refractivity contribution in [2.24, 2.45) is 0 Å². The molecule has 0 amide bonds. The SMILES string of the molecule is CCCCCCOCCOCCOCCOCCOCCOCCOCCOCCOCCOCCOCCOC. The monoisotopic (exact) mass is 600 g/mol. The van der Waals surface area contributed by atoms with Gasteiger partial charge < -0.3 is 56.8 Å². The van der Waals surface area contributed by atoms with Gasteiger partial charge in [-0.3, -0.25) is 0 Å². The molecule has 0 saturated heterocycles. The van der Waals surface area contributed by atoms with Gasteiger partial charge in [0, 0.05) is 13.7 Å². The van der Waals surface area contributed by atoms with Crippen molar-refractivity contribution >= 4 is 0 Å². The molecule has 0 N–H and O–H groups in total. The van der Waals surface area contributed by atoms with Crippen LogP contribution in [0.4, 0.5) is 0 Å². The molecule has 0 aliphatic carbocycles. The number of methoxy groups -OCH3 is 1. The maximum absolute atomic E-state index is 5.52. The van der Waals surface area contributed by atoms with Gasteiger partial charge in [0.15, 0.2) is 0 Å². The van der Waals surface area contributed by atoms with Gasteiger partial charge in [0.1, 0.15) is 0 Å². The van der Waals surface area contributed by atoms with Crippen molar-refractivity contribution in [3.63, 3.8) is 0 Å². The molecule has 0 radical (unpaired) electrons. The molecule has 0 atom stereocenters. The van der Waals surface area contributed by atoms with E-state index in [9.17, 15) is 0 Å². The molecule has 0 aromatic rings. The highest BCUT2D eigenvalue weighted by atomic mass is 16.6. The number of unbranched alkanes of at least 4 members (excludes halogenated alkanes) is 3. The van der Waals surface area contributed by atoms with Crippen LogP contribution in [0.3, 0.4) is 0 Å². The average Bonchev–Trinajstić information content (AvgIpc) is 2.98. The lowest BCUT2D eigenvalue weighted by molar-refractivity contribution is -0.0280. The summed E-state index contributed by atoms with van der Waals surface area (Å²) >= 11 is 0. The van der Waals surface area contributed by atoms with Gasteiger partial charge in [0.25, 0.3) is 0 Å². The molecule has 0 saturated carbocycles. The fraction of sp³-hybridized carbons (Fsp3) is 1.00. The minimum absolute atomic E-state index is 0.521. The molecule has 0 bridgehead atoms. The molecule has 12 heteroatoms. The normalized spacial score (nSPS) is 11.6. The Morgan fingerprint density at radius 3 is 0.683 bits per heavy atom. The topological polar surface area (TPSA) is 111 Å². The van der Waals surface area contributed by atoms with Crippen LogP contribution in [0.2, 0.25) is 0 Å². The Hall–Kier alpha value is -0.480. The van der Waals surface area contributed by atoms with Gasteiger partial charge >= 0.3 is 0 Å². The number of hydrogen-bond donors (Lipinski definition) is 0. The second-order valence-electron chi connectivity index (χ2n) is 8.79. The van der Waals surface area contributed by atoms with Crippen molar-refractivity contribution in [1.29, 1.82) is 0 Å².